The Bertz CT molecular complexity index is 3800. The van der Waals surface area contributed by atoms with Crippen molar-refractivity contribution < 1.29 is 12.6 Å². The molecular formula is C53H32N4O. The van der Waals surface area contributed by atoms with Crippen LogP contribution in [0.2, 0.25) is 0 Å². The van der Waals surface area contributed by atoms with E-state index in [0.29, 0.717) is 34.3 Å². The molecule has 0 bridgehead atoms. The highest BCUT2D eigenvalue weighted by Crippen LogP contribution is 2.44. The third-order valence-electron chi connectivity index (χ3n) is 11.0. The summed E-state index contributed by atoms with van der Waals surface area (Å²) in [6.07, 6.45) is 0. The van der Waals surface area contributed by atoms with Gasteiger partial charge in [0.05, 0.1) is 24.9 Å². The average Bonchev–Trinajstić information content (AvgIpc) is 3.89. The topological polar surface area (TPSA) is 56.7 Å². The normalized spacial score (nSPS) is 13.2. The SMILES string of the molecule is [2H]c1cc([2H])c2oc3c(-c4cccc(-c5nc(-c6ccc7ccccc7c6)nc(-c6ccc7ccccc7c6)n5)c4-n4c5ccccc5c5ccccc54)c([2H])c([2H])c([2H])c3c2c1[2H]. The van der Waals surface area contributed by atoms with Crippen molar-refractivity contribution in [3.05, 3.63) is 194 Å². The van der Waals surface area contributed by atoms with Gasteiger partial charge in [0.15, 0.2) is 17.5 Å². The van der Waals surface area contributed by atoms with Crippen LogP contribution in [-0.2, 0) is 0 Å². The summed E-state index contributed by atoms with van der Waals surface area (Å²) < 4.78 is 62.6. The molecule has 0 fully saturated rings. The molecule has 5 heteroatoms. The fourth-order valence-corrected chi connectivity index (χ4v) is 8.30. The van der Waals surface area contributed by atoms with Crippen LogP contribution in [0.5, 0.6) is 0 Å². The lowest BCUT2D eigenvalue weighted by Gasteiger charge is -2.19. The van der Waals surface area contributed by atoms with Crippen molar-refractivity contribution in [3.63, 3.8) is 0 Å². The molecule has 0 N–H and O–H groups in total. The monoisotopic (exact) mass is 746 g/mol. The number of hydrogen-bond donors (Lipinski definition) is 0. The third kappa shape index (κ3) is 5.07. The van der Waals surface area contributed by atoms with Crippen molar-refractivity contribution in [2.75, 3.05) is 0 Å². The summed E-state index contributed by atoms with van der Waals surface area (Å²) in [5, 5.41) is 6.43. The zero-order valence-electron chi connectivity index (χ0n) is 36.7. The fourth-order valence-electron chi connectivity index (χ4n) is 8.30. The van der Waals surface area contributed by atoms with E-state index >= 15 is 0 Å². The molecule has 3 aromatic heterocycles. The molecule has 0 spiro atoms. The number of aromatic nitrogens is 4. The first-order chi connectivity index (χ1) is 31.2. The first-order valence-electron chi connectivity index (χ1n) is 22.0. The lowest BCUT2D eigenvalue weighted by atomic mass is 9.97. The highest BCUT2D eigenvalue weighted by molar-refractivity contribution is 6.13. The predicted molar refractivity (Wildman–Crippen MR) is 238 cm³/mol. The third-order valence-corrected chi connectivity index (χ3v) is 11.0. The number of fused-ring (bicyclic) bond motifs is 8. The minimum Gasteiger partial charge on any atom is -0.455 e. The first kappa shape index (κ1) is 26.8. The minimum absolute atomic E-state index is 0.0165. The van der Waals surface area contributed by atoms with Gasteiger partial charge < -0.3 is 8.98 Å². The number of furan rings is 1. The van der Waals surface area contributed by atoms with Gasteiger partial charge in [-0.3, -0.25) is 0 Å². The average molecular weight is 747 g/mol. The summed E-state index contributed by atoms with van der Waals surface area (Å²) in [7, 11) is 0. The Morgan fingerprint density at radius 3 is 1.66 bits per heavy atom. The quantitative estimate of drug-likeness (QED) is 0.176. The van der Waals surface area contributed by atoms with Gasteiger partial charge in [-0.15, -0.1) is 0 Å². The van der Waals surface area contributed by atoms with Crippen LogP contribution < -0.4 is 0 Å². The Morgan fingerprint density at radius 1 is 0.414 bits per heavy atom. The molecule has 0 unspecified atom stereocenters. The van der Waals surface area contributed by atoms with Crippen molar-refractivity contribution in [2.45, 2.75) is 0 Å². The van der Waals surface area contributed by atoms with Gasteiger partial charge in [0, 0.05) is 49.4 Å². The number of hydrogen-bond acceptors (Lipinski definition) is 4. The molecule has 0 aliphatic carbocycles. The maximum absolute atomic E-state index is 9.58. The summed E-state index contributed by atoms with van der Waals surface area (Å²) in [5.41, 5.74) is 5.30. The van der Waals surface area contributed by atoms with E-state index in [1.165, 1.54) is 6.07 Å². The summed E-state index contributed by atoms with van der Waals surface area (Å²) in [6, 6.07) is 50.2. The van der Waals surface area contributed by atoms with Gasteiger partial charge in [0.2, 0.25) is 0 Å². The Hall–Kier alpha value is -7.89. The molecule has 0 amide bonds. The maximum Gasteiger partial charge on any atom is 0.166 e. The van der Waals surface area contributed by atoms with E-state index in [1.54, 1.807) is 0 Å². The second-order valence-corrected chi connectivity index (χ2v) is 14.3. The fraction of sp³-hybridized carbons (Fsp3) is 0. The Morgan fingerprint density at radius 2 is 0.983 bits per heavy atom. The van der Waals surface area contributed by atoms with Crippen LogP contribution in [0.4, 0.5) is 0 Å². The van der Waals surface area contributed by atoms with Gasteiger partial charge in [0.1, 0.15) is 11.2 Å². The lowest BCUT2D eigenvalue weighted by Crippen LogP contribution is -2.05. The second kappa shape index (κ2) is 12.8. The van der Waals surface area contributed by atoms with Crippen LogP contribution >= 0.6 is 0 Å². The Kier molecular flexibility index (Phi) is 5.94. The molecule has 0 radical (unpaired) electrons. The molecule has 0 saturated carbocycles. The highest BCUT2D eigenvalue weighted by Gasteiger charge is 2.24. The molecule has 3 heterocycles. The molecule has 0 aliphatic rings. The summed E-state index contributed by atoms with van der Waals surface area (Å²) >= 11 is 0. The van der Waals surface area contributed by atoms with Crippen molar-refractivity contribution in [3.8, 4) is 51.0 Å². The summed E-state index contributed by atoms with van der Waals surface area (Å²) in [6.45, 7) is 0. The second-order valence-electron chi connectivity index (χ2n) is 14.3. The van der Waals surface area contributed by atoms with Crippen molar-refractivity contribution in [1.82, 2.24) is 19.5 Å². The molecule has 58 heavy (non-hydrogen) atoms. The molecule has 270 valence electrons. The van der Waals surface area contributed by atoms with E-state index in [4.69, 9.17) is 24.9 Å². The molecule has 12 aromatic rings. The van der Waals surface area contributed by atoms with E-state index in [9.17, 15) is 2.74 Å². The van der Waals surface area contributed by atoms with Gasteiger partial charge >= 0.3 is 0 Å². The smallest absolute Gasteiger partial charge is 0.166 e. The Labute approximate surface area is 341 Å². The van der Waals surface area contributed by atoms with E-state index < -0.39 is 0 Å². The summed E-state index contributed by atoms with van der Waals surface area (Å²) in [5.74, 6) is 1.28. The number of para-hydroxylation sites is 5. The van der Waals surface area contributed by atoms with Gasteiger partial charge in [0.25, 0.3) is 0 Å². The Balaban J connectivity index is 1.23. The van der Waals surface area contributed by atoms with E-state index in [-0.39, 0.29) is 63.8 Å². The van der Waals surface area contributed by atoms with Crippen LogP contribution in [0.3, 0.4) is 0 Å². The first-order valence-corrected chi connectivity index (χ1v) is 19.0. The molecule has 0 aliphatic heterocycles. The molecule has 0 atom stereocenters. The van der Waals surface area contributed by atoms with Gasteiger partial charge in [-0.25, -0.2) is 15.0 Å². The van der Waals surface area contributed by atoms with Crippen molar-refractivity contribution in [2.24, 2.45) is 0 Å². The molecule has 0 saturated heterocycles. The van der Waals surface area contributed by atoms with Crippen molar-refractivity contribution in [1.29, 1.82) is 0 Å². The van der Waals surface area contributed by atoms with Gasteiger partial charge in [-0.1, -0.05) is 158 Å². The van der Waals surface area contributed by atoms with E-state index in [2.05, 4.69) is 65.2 Å². The number of nitrogens with zero attached hydrogens (tertiary/aromatic N) is 4. The van der Waals surface area contributed by atoms with Crippen LogP contribution in [0.15, 0.2) is 198 Å². The minimum atomic E-state index is -0.373. The largest absolute Gasteiger partial charge is 0.455 e. The van der Waals surface area contributed by atoms with Gasteiger partial charge in [-0.05, 0) is 57.9 Å². The van der Waals surface area contributed by atoms with Crippen LogP contribution in [0.1, 0.15) is 8.22 Å². The zero-order chi connectivity index (χ0) is 43.4. The zero-order valence-corrected chi connectivity index (χ0v) is 30.7. The number of benzene rings is 9. The highest BCUT2D eigenvalue weighted by atomic mass is 16.3. The van der Waals surface area contributed by atoms with Crippen LogP contribution in [0, 0.1) is 0 Å². The predicted octanol–water partition coefficient (Wildman–Crippen LogP) is 13.8. The molecular weight excluding hydrogens is 709 g/mol. The lowest BCUT2D eigenvalue weighted by molar-refractivity contribution is 0.670. The van der Waals surface area contributed by atoms with Crippen molar-refractivity contribution >= 4 is 65.3 Å². The van der Waals surface area contributed by atoms with Crippen LogP contribution in [-0.4, -0.2) is 19.5 Å². The maximum atomic E-state index is 9.58. The summed E-state index contributed by atoms with van der Waals surface area (Å²) in [4.78, 5) is 15.7. The molecule has 9 aromatic carbocycles. The van der Waals surface area contributed by atoms with E-state index in [0.717, 1.165) is 54.5 Å². The molecule has 12 rings (SSSR count). The number of rotatable bonds is 5. The van der Waals surface area contributed by atoms with E-state index in [1.807, 2.05) is 91.0 Å². The van der Waals surface area contributed by atoms with Gasteiger partial charge in [-0.2, -0.15) is 0 Å². The standard InChI is InChI=1S/C53H32N4O/c1-3-15-35-31-37(29-27-33(35)13-1)51-54-52(38-30-28-34-14-2-4-16-36(34)32-38)56-53(55-51)45-23-11-20-42(44-22-12-21-43-41-19-7-10-26-48(41)58-50(43)44)49(45)57-46-24-8-5-17-39(46)40-18-6-9-25-47(40)57/h1-32H/i7D,12D,19D,21D,22D,26D. The molecule has 5 nitrogen and oxygen atoms in total. The van der Waals surface area contributed by atoms with Crippen LogP contribution in [0.25, 0.3) is 116 Å².